The fourth-order valence-corrected chi connectivity index (χ4v) is 2.34. The smallest absolute Gasteiger partial charge is 0.418 e. The van der Waals surface area contributed by atoms with Crippen LogP contribution in [0.5, 0.6) is 5.75 Å². The summed E-state index contributed by atoms with van der Waals surface area (Å²) in [6, 6.07) is 9.12. The summed E-state index contributed by atoms with van der Waals surface area (Å²) in [5.41, 5.74) is -1.28. The fourth-order valence-electron chi connectivity index (χ4n) is 1.89. The molecule has 0 saturated heterocycles. The third kappa shape index (κ3) is 4.55. The number of benzene rings is 2. The number of carbonyl (C=O) groups is 1. The van der Waals surface area contributed by atoms with Crippen LogP contribution in [0.25, 0.3) is 0 Å². The van der Waals surface area contributed by atoms with Crippen LogP contribution in [0.3, 0.4) is 0 Å². The van der Waals surface area contributed by atoms with E-state index in [9.17, 15) is 18.0 Å². The molecule has 0 radical (unpaired) electrons. The normalized spacial score (nSPS) is 12.6. The van der Waals surface area contributed by atoms with Crippen molar-refractivity contribution in [1.29, 1.82) is 0 Å². The highest BCUT2D eigenvalue weighted by atomic mass is 35.5. The second-order valence-corrected chi connectivity index (χ2v) is 5.71. The van der Waals surface area contributed by atoms with Crippen LogP contribution in [0.1, 0.15) is 12.5 Å². The maximum Gasteiger partial charge on any atom is 0.418 e. The van der Waals surface area contributed by atoms with Crippen molar-refractivity contribution in [2.75, 3.05) is 5.32 Å². The highest BCUT2D eigenvalue weighted by Gasteiger charge is 2.34. The van der Waals surface area contributed by atoms with Gasteiger partial charge < -0.3 is 10.1 Å². The van der Waals surface area contributed by atoms with Crippen LogP contribution < -0.4 is 10.1 Å². The topological polar surface area (TPSA) is 38.3 Å². The van der Waals surface area contributed by atoms with Gasteiger partial charge in [0, 0.05) is 5.02 Å². The lowest BCUT2D eigenvalue weighted by molar-refractivity contribution is -0.137. The van der Waals surface area contributed by atoms with E-state index in [1.165, 1.54) is 43.3 Å². The maximum atomic E-state index is 12.9. The van der Waals surface area contributed by atoms with Gasteiger partial charge in [-0.1, -0.05) is 35.3 Å². The number of para-hydroxylation sites is 1. The Balaban J connectivity index is 2.13. The molecule has 0 aliphatic rings. The predicted molar refractivity (Wildman–Crippen MR) is 86.6 cm³/mol. The number of halogens is 5. The first-order valence-electron chi connectivity index (χ1n) is 6.77. The number of rotatable bonds is 4. The van der Waals surface area contributed by atoms with Crippen molar-refractivity contribution >= 4 is 34.8 Å². The van der Waals surface area contributed by atoms with Crippen molar-refractivity contribution in [3.63, 3.8) is 0 Å². The molecular weight excluding hydrogens is 366 g/mol. The summed E-state index contributed by atoms with van der Waals surface area (Å²) in [4.78, 5) is 12.1. The average Bonchev–Trinajstić information content (AvgIpc) is 2.49. The molecule has 1 N–H and O–H groups in total. The molecule has 0 spiro atoms. The third-order valence-electron chi connectivity index (χ3n) is 3.06. The Labute approximate surface area is 146 Å². The van der Waals surface area contributed by atoms with Crippen LogP contribution in [0.4, 0.5) is 18.9 Å². The van der Waals surface area contributed by atoms with E-state index < -0.39 is 23.8 Å². The van der Waals surface area contributed by atoms with Crippen LogP contribution in [-0.2, 0) is 11.0 Å². The molecule has 0 heterocycles. The van der Waals surface area contributed by atoms with E-state index >= 15 is 0 Å². The molecule has 24 heavy (non-hydrogen) atoms. The molecule has 0 unspecified atom stereocenters. The van der Waals surface area contributed by atoms with Gasteiger partial charge in [0.2, 0.25) is 0 Å². The number of carbonyl (C=O) groups excluding carboxylic acids is 1. The van der Waals surface area contributed by atoms with E-state index in [2.05, 4.69) is 5.32 Å². The molecular formula is C16H12Cl2F3NO2. The molecule has 0 aliphatic heterocycles. The number of hydrogen-bond acceptors (Lipinski definition) is 2. The largest absolute Gasteiger partial charge is 0.479 e. The van der Waals surface area contributed by atoms with Crippen molar-refractivity contribution in [1.82, 2.24) is 0 Å². The maximum absolute atomic E-state index is 12.9. The van der Waals surface area contributed by atoms with E-state index in [4.69, 9.17) is 27.9 Å². The Kier molecular flexibility index (Phi) is 5.62. The predicted octanol–water partition coefficient (Wildman–Crippen LogP) is 5.42. The van der Waals surface area contributed by atoms with Crippen LogP contribution in [0.2, 0.25) is 10.0 Å². The van der Waals surface area contributed by atoms with Gasteiger partial charge in [0.05, 0.1) is 16.3 Å². The van der Waals surface area contributed by atoms with E-state index in [1.807, 2.05) is 0 Å². The summed E-state index contributed by atoms with van der Waals surface area (Å²) >= 11 is 11.7. The average molecular weight is 378 g/mol. The Morgan fingerprint density at radius 2 is 1.83 bits per heavy atom. The zero-order valence-corrected chi connectivity index (χ0v) is 13.8. The first-order valence-corrected chi connectivity index (χ1v) is 7.53. The highest BCUT2D eigenvalue weighted by Crippen LogP contribution is 2.34. The van der Waals surface area contributed by atoms with Crippen molar-refractivity contribution in [3.8, 4) is 5.75 Å². The summed E-state index contributed by atoms with van der Waals surface area (Å²) in [5, 5.41) is 2.80. The first kappa shape index (κ1) is 18.4. The molecule has 2 rings (SSSR count). The SMILES string of the molecule is C[C@H](Oc1ccc(Cl)cc1Cl)C(=O)Nc1ccccc1C(F)(F)F. The molecule has 128 valence electrons. The van der Waals surface area contributed by atoms with Crippen molar-refractivity contribution < 1.29 is 22.7 Å². The van der Waals surface area contributed by atoms with Crippen molar-refractivity contribution in [2.24, 2.45) is 0 Å². The van der Waals surface area contributed by atoms with Crippen LogP contribution in [0, 0.1) is 0 Å². The monoisotopic (exact) mass is 377 g/mol. The van der Waals surface area contributed by atoms with Gasteiger partial charge in [-0.25, -0.2) is 0 Å². The number of hydrogen-bond donors (Lipinski definition) is 1. The zero-order valence-electron chi connectivity index (χ0n) is 12.3. The van der Waals surface area contributed by atoms with E-state index in [-0.39, 0.29) is 16.5 Å². The molecule has 8 heteroatoms. The Bertz CT molecular complexity index is 750. The first-order chi connectivity index (χ1) is 11.2. The molecule has 2 aromatic carbocycles. The summed E-state index contributed by atoms with van der Waals surface area (Å²) in [6.45, 7) is 1.40. The van der Waals surface area contributed by atoms with E-state index in [0.717, 1.165) is 6.07 Å². The second-order valence-electron chi connectivity index (χ2n) is 4.87. The van der Waals surface area contributed by atoms with Crippen LogP contribution >= 0.6 is 23.2 Å². The number of ether oxygens (including phenoxy) is 1. The molecule has 0 fully saturated rings. The highest BCUT2D eigenvalue weighted by molar-refractivity contribution is 6.35. The van der Waals surface area contributed by atoms with Gasteiger partial charge in [-0.15, -0.1) is 0 Å². The van der Waals surface area contributed by atoms with Crippen LogP contribution in [0.15, 0.2) is 42.5 Å². The quantitative estimate of drug-likeness (QED) is 0.772. The molecule has 2 aromatic rings. The third-order valence-corrected chi connectivity index (χ3v) is 3.59. The minimum absolute atomic E-state index is 0.192. The summed E-state index contributed by atoms with van der Waals surface area (Å²) in [7, 11) is 0. The molecule has 1 amide bonds. The summed E-state index contributed by atoms with van der Waals surface area (Å²) < 4.78 is 44.2. The molecule has 0 saturated carbocycles. The van der Waals surface area contributed by atoms with Crippen molar-refractivity contribution in [2.45, 2.75) is 19.2 Å². The Morgan fingerprint density at radius 1 is 1.17 bits per heavy atom. The molecule has 3 nitrogen and oxygen atoms in total. The Hall–Kier alpha value is -1.92. The van der Waals surface area contributed by atoms with Crippen LogP contribution in [-0.4, -0.2) is 12.0 Å². The lowest BCUT2D eigenvalue weighted by Gasteiger charge is -2.18. The molecule has 1 atom stereocenters. The van der Waals surface area contributed by atoms with Gasteiger partial charge in [-0.2, -0.15) is 13.2 Å². The van der Waals surface area contributed by atoms with Crippen molar-refractivity contribution in [3.05, 3.63) is 58.1 Å². The lowest BCUT2D eigenvalue weighted by atomic mass is 10.1. The number of amides is 1. The molecule has 0 aromatic heterocycles. The Morgan fingerprint density at radius 3 is 2.46 bits per heavy atom. The number of nitrogens with one attached hydrogen (secondary N) is 1. The van der Waals surface area contributed by atoms with Gasteiger partial charge in [-0.05, 0) is 37.3 Å². The van der Waals surface area contributed by atoms with E-state index in [0.29, 0.717) is 5.02 Å². The number of anilines is 1. The fraction of sp³-hybridized carbons (Fsp3) is 0.188. The molecule has 0 aliphatic carbocycles. The second kappa shape index (κ2) is 7.32. The van der Waals surface area contributed by atoms with E-state index in [1.54, 1.807) is 0 Å². The van der Waals surface area contributed by atoms with Gasteiger partial charge in [-0.3, -0.25) is 4.79 Å². The lowest BCUT2D eigenvalue weighted by Crippen LogP contribution is -2.31. The van der Waals surface area contributed by atoms with Gasteiger partial charge in [0.1, 0.15) is 5.75 Å². The standard InChI is InChI=1S/C16H12Cl2F3NO2/c1-9(24-14-7-6-10(17)8-12(14)18)15(23)22-13-5-3-2-4-11(13)16(19,20)21/h2-9H,1H3,(H,22,23)/t9-/m0/s1. The number of alkyl halides is 3. The minimum atomic E-state index is -4.58. The zero-order chi connectivity index (χ0) is 17.9. The van der Waals surface area contributed by atoms with Gasteiger partial charge in [0.15, 0.2) is 6.10 Å². The summed E-state index contributed by atoms with van der Waals surface area (Å²) in [5.74, 6) is -0.537. The minimum Gasteiger partial charge on any atom is -0.479 e. The van der Waals surface area contributed by atoms with Gasteiger partial charge in [0.25, 0.3) is 5.91 Å². The van der Waals surface area contributed by atoms with Gasteiger partial charge >= 0.3 is 6.18 Å². The molecule has 0 bridgehead atoms. The summed E-state index contributed by atoms with van der Waals surface area (Å²) in [6.07, 6.45) is -5.64.